The summed E-state index contributed by atoms with van der Waals surface area (Å²) in [6, 6.07) is 1.01. The molecule has 0 aliphatic carbocycles. The highest BCUT2D eigenvalue weighted by Crippen LogP contribution is 2.11. The Balaban J connectivity index is 3.08. The zero-order valence-corrected chi connectivity index (χ0v) is 6.94. The highest BCUT2D eigenvalue weighted by Gasteiger charge is 2.17. The normalized spacial score (nSPS) is 9.62. The number of rotatable bonds is 2. The molecule has 0 saturated carbocycles. The van der Waals surface area contributed by atoms with E-state index >= 15 is 0 Å². The average molecular weight is 184 g/mol. The molecule has 0 radical (unpaired) electrons. The Morgan fingerprint density at radius 1 is 1.69 bits per heavy atom. The summed E-state index contributed by atoms with van der Waals surface area (Å²) in [5.74, 6) is -2.03. The van der Waals surface area contributed by atoms with Crippen LogP contribution in [-0.4, -0.2) is 17.7 Å². The second-order valence-electron chi connectivity index (χ2n) is 2.18. The molecule has 0 spiro atoms. The summed E-state index contributed by atoms with van der Waals surface area (Å²) in [5.41, 5.74) is -0.672. The van der Waals surface area contributed by atoms with Crippen LogP contribution in [-0.2, 0) is 4.74 Å². The molecule has 1 heterocycles. The Bertz CT molecular complexity index is 365. The fourth-order valence-electron chi connectivity index (χ4n) is 0.752. The van der Waals surface area contributed by atoms with Crippen LogP contribution in [0.5, 0.6) is 5.75 Å². The molecule has 0 fully saturated rings. The number of esters is 1. The third-order valence-corrected chi connectivity index (χ3v) is 1.31. The van der Waals surface area contributed by atoms with Crippen LogP contribution < -0.4 is 5.43 Å². The van der Waals surface area contributed by atoms with E-state index in [1.807, 2.05) is 0 Å². The summed E-state index contributed by atoms with van der Waals surface area (Å²) in [6.07, 6.45) is 1.02. The molecule has 0 aliphatic heterocycles. The number of hydrogen-bond donors (Lipinski definition) is 1. The molecule has 1 aromatic rings. The minimum Gasteiger partial charge on any atom is -0.501 e. The van der Waals surface area contributed by atoms with E-state index in [9.17, 15) is 9.59 Å². The largest absolute Gasteiger partial charge is 0.501 e. The molecule has 1 N–H and O–H groups in total. The van der Waals surface area contributed by atoms with Crippen LogP contribution in [0.4, 0.5) is 0 Å². The fourth-order valence-corrected chi connectivity index (χ4v) is 0.752. The van der Waals surface area contributed by atoms with Crippen LogP contribution in [0.15, 0.2) is 21.5 Å². The summed E-state index contributed by atoms with van der Waals surface area (Å²) in [5, 5.41) is 9.09. The molecule has 70 valence electrons. The van der Waals surface area contributed by atoms with Gasteiger partial charge in [-0.25, -0.2) is 4.79 Å². The van der Waals surface area contributed by atoms with E-state index < -0.39 is 22.9 Å². The Kier molecular flexibility index (Phi) is 2.69. The maximum Gasteiger partial charge on any atom is 0.378 e. The van der Waals surface area contributed by atoms with E-state index in [0.29, 0.717) is 0 Å². The lowest BCUT2D eigenvalue weighted by atomic mass is 10.3. The first-order valence-corrected chi connectivity index (χ1v) is 3.64. The van der Waals surface area contributed by atoms with Crippen molar-refractivity contribution < 1.29 is 19.1 Å². The zero-order chi connectivity index (χ0) is 9.84. The molecule has 1 aromatic heterocycles. The van der Waals surface area contributed by atoms with E-state index in [4.69, 9.17) is 5.11 Å². The van der Waals surface area contributed by atoms with Gasteiger partial charge in [0.05, 0.1) is 12.9 Å². The summed E-state index contributed by atoms with van der Waals surface area (Å²) in [6.45, 7) is 1.76. The first-order valence-electron chi connectivity index (χ1n) is 3.64. The quantitative estimate of drug-likeness (QED) is 0.678. The third-order valence-electron chi connectivity index (χ3n) is 1.31. The first-order chi connectivity index (χ1) is 6.16. The number of ether oxygens (including phenoxy) is 1. The number of carbonyl (C=O) groups excluding carboxylic acids is 1. The number of hydrogen-bond acceptors (Lipinski definition) is 5. The van der Waals surface area contributed by atoms with Crippen molar-refractivity contribution in [3.05, 3.63) is 28.3 Å². The fraction of sp³-hybridized carbons (Fsp3) is 0.250. The van der Waals surface area contributed by atoms with Gasteiger partial charge < -0.3 is 14.3 Å². The van der Waals surface area contributed by atoms with Crippen LogP contribution in [0.25, 0.3) is 0 Å². The van der Waals surface area contributed by atoms with Gasteiger partial charge in [-0.3, -0.25) is 4.79 Å². The van der Waals surface area contributed by atoms with Gasteiger partial charge in [0.15, 0.2) is 0 Å². The Labute approximate surface area is 73.6 Å². The Morgan fingerprint density at radius 2 is 2.38 bits per heavy atom. The molecule has 5 nitrogen and oxygen atoms in total. The van der Waals surface area contributed by atoms with Crippen molar-refractivity contribution in [2.45, 2.75) is 6.92 Å². The van der Waals surface area contributed by atoms with E-state index in [2.05, 4.69) is 9.15 Å². The van der Waals surface area contributed by atoms with Gasteiger partial charge in [0.1, 0.15) is 0 Å². The van der Waals surface area contributed by atoms with Crippen molar-refractivity contribution in [3.8, 4) is 5.75 Å². The predicted molar refractivity (Wildman–Crippen MR) is 42.6 cm³/mol. The SMILES string of the molecule is CCOC(=O)c1occc(=O)c1O. The predicted octanol–water partition coefficient (Wildman–Crippen LogP) is 0.522. The van der Waals surface area contributed by atoms with Gasteiger partial charge in [-0.05, 0) is 6.92 Å². The molecule has 0 atom stereocenters. The van der Waals surface area contributed by atoms with Crippen molar-refractivity contribution >= 4 is 5.97 Å². The van der Waals surface area contributed by atoms with Gasteiger partial charge >= 0.3 is 5.97 Å². The molecule has 0 saturated heterocycles. The highest BCUT2D eigenvalue weighted by molar-refractivity contribution is 5.88. The van der Waals surface area contributed by atoms with Crippen molar-refractivity contribution in [1.29, 1.82) is 0 Å². The summed E-state index contributed by atoms with van der Waals surface area (Å²) in [4.78, 5) is 21.8. The monoisotopic (exact) mass is 184 g/mol. The van der Waals surface area contributed by atoms with E-state index in [0.717, 1.165) is 12.3 Å². The lowest BCUT2D eigenvalue weighted by Gasteiger charge is -2.00. The molecule has 0 aromatic carbocycles. The Hall–Kier alpha value is -1.78. The van der Waals surface area contributed by atoms with Gasteiger partial charge in [0.25, 0.3) is 5.76 Å². The summed E-state index contributed by atoms with van der Waals surface area (Å²) >= 11 is 0. The van der Waals surface area contributed by atoms with Crippen LogP contribution in [0, 0.1) is 0 Å². The zero-order valence-electron chi connectivity index (χ0n) is 6.94. The van der Waals surface area contributed by atoms with E-state index in [1.165, 1.54) is 0 Å². The standard InChI is InChI=1S/C8H8O5/c1-2-12-8(11)7-6(10)5(9)3-4-13-7/h3-4,10H,2H2,1H3. The van der Waals surface area contributed by atoms with Gasteiger partial charge in [-0.15, -0.1) is 0 Å². The van der Waals surface area contributed by atoms with E-state index in [1.54, 1.807) is 6.92 Å². The maximum absolute atomic E-state index is 11.0. The lowest BCUT2D eigenvalue weighted by Crippen LogP contribution is -2.09. The van der Waals surface area contributed by atoms with Crippen molar-refractivity contribution in [1.82, 2.24) is 0 Å². The molecule has 0 bridgehead atoms. The molecule has 0 aliphatic rings. The second kappa shape index (κ2) is 3.75. The van der Waals surface area contributed by atoms with Crippen LogP contribution >= 0.6 is 0 Å². The van der Waals surface area contributed by atoms with Gasteiger partial charge in [0.2, 0.25) is 11.2 Å². The molecule has 0 amide bonds. The summed E-state index contributed by atoms with van der Waals surface area (Å²) < 4.78 is 9.16. The Morgan fingerprint density at radius 3 is 3.00 bits per heavy atom. The van der Waals surface area contributed by atoms with Gasteiger partial charge in [-0.1, -0.05) is 0 Å². The highest BCUT2D eigenvalue weighted by atomic mass is 16.5. The van der Waals surface area contributed by atoms with E-state index in [-0.39, 0.29) is 6.61 Å². The molecular formula is C8H8O5. The van der Waals surface area contributed by atoms with Crippen LogP contribution in [0.1, 0.15) is 17.5 Å². The van der Waals surface area contributed by atoms with Crippen molar-refractivity contribution in [3.63, 3.8) is 0 Å². The average Bonchev–Trinajstić information content (AvgIpc) is 2.10. The third kappa shape index (κ3) is 1.87. The van der Waals surface area contributed by atoms with Gasteiger partial charge in [-0.2, -0.15) is 0 Å². The van der Waals surface area contributed by atoms with Crippen molar-refractivity contribution in [2.75, 3.05) is 6.61 Å². The van der Waals surface area contributed by atoms with Crippen molar-refractivity contribution in [2.24, 2.45) is 0 Å². The summed E-state index contributed by atoms with van der Waals surface area (Å²) in [7, 11) is 0. The molecule has 0 unspecified atom stereocenters. The lowest BCUT2D eigenvalue weighted by molar-refractivity contribution is 0.0481. The minimum atomic E-state index is -0.849. The number of carbonyl (C=O) groups is 1. The molecular weight excluding hydrogens is 176 g/mol. The number of aromatic hydroxyl groups is 1. The smallest absolute Gasteiger partial charge is 0.378 e. The topological polar surface area (TPSA) is 76.7 Å². The molecule has 5 heteroatoms. The molecule has 1 rings (SSSR count). The van der Waals surface area contributed by atoms with Crippen LogP contribution in [0.3, 0.4) is 0 Å². The maximum atomic E-state index is 11.0. The second-order valence-corrected chi connectivity index (χ2v) is 2.18. The first kappa shape index (κ1) is 9.31. The van der Waals surface area contributed by atoms with Gasteiger partial charge in [0, 0.05) is 6.07 Å². The minimum absolute atomic E-state index is 0.150. The molecule has 13 heavy (non-hydrogen) atoms. The van der Waals surface area contributed by atoms with Crippen LogP contribution in [0.2, 0.25) is 0 Å².